The van der Waals surface area contributed by atoms with Gasteiger partial charge in [-0.2, -0.15) is 0 Å². The molecule has 1 saturated heterocycles. The number of nitrogens with zero attached hydrogens (tertiary/aromatic N) is 1. The maximum atomic E-state index is 12.5. The van der Waals surface area contributed by atoms with Crippen molar-refractivity contribution in [3.05, 3.63) is 120 Å². The van der Waals surface area contributed by atoms with Gasteiger partial charge in [0.1, 0.15) is 23.9 Å². The van der Waals surface area contributed by atoms with Crippen molar-refractivity contribution in [2.45, 2.75) is 38.3 Å². The third-order valence-corrected chi connectivity index (χ3v) is 7.20. The molecule has 1 amide bonds. The van der Waals surface area contributed by atoms with Crippen molar-refractivity contribution < 1.29 is 24.2 Å². The second kappa shape index (κ2) is 13.6. The zero-order valence-corrected chi connectivity index (χ0v) is 22.9. The largest absolute Gasteiger partial charge is 0.492 e. The summed E-state index contributed by atoms with van der Waals surface area (Å²) in [5.41, 5.74) is 2.45. The topological polar surface area (TPSA) is 88.1 Å². The Morgan fingerprint density at radius 3 is 2.17 bits per heavy atom. The minimum absolute atomic E-state index is 0.0556. The van der Waals surface area contributed by atoms with Gasteiger partial charge in [0.15, 0.2) is 0 Å². The van der Waals surface area contributed by atoms with Crippen molar-refractivity contribution in [3.63, 3.8) is 0 Å². The summed E-state index contributed by atoms with van der Waals surface area (Å²) in [6.07, 6.45) is 3.71. The predicted octanol–water partition coefficient (Wildman–Crippen LogP) is 6.79. The number of para-hydroxylation sites is 1. The molecule has 1 heterocycles. The molecule has 2 N–H and O–H groups in total. The fraction of sp³-hybridized carbons (Fsp3) is 0.235. The van der Waals surface area contributed by atoms with Crippen LogP contribution in [0.4, 0.5) is 5.69 Å². The molecule has 0 spiro atoms. The van der Waals surface area contributed by atoms with Gasteiger partial charge in [-0.1, -0.05) is 61.0 Å². The molecule has 7 nitrogen and oxygen atoms in total. The van der Waals surface area contributed by atoms with Crippen LogP contribution in [0, 0.1) is 0 Å². The molecule has 4 aromatic carbocycles. The maximum Gasteiger partial charge on any atom is 0.337 e. The number of carboxylic acids is 1. The summed E-state index contributed by atoms with van der Waals surface area (Å²) in [7, 11) is 0. The lowest BCUT2D eigenvalue weighted by molar-refractivity contribution is -0.115. The van der Waals surface area contributed by atoms with Gasteiger partial charge in [-0.25, -0.2) is 4.79 Å². The number of likely N-dealkylation sites (tertiary alicyclic amines) is 1. The second-order valence-electron chi connectivity index (χ2n) is 10.2. The molecule has 5 rings (SSSR count). The van der Waals surface area contributed by atoms with Gasteiger partial charge in [0.05, 0.1) is 17.7 Å². The first-order valence-corrected chi connectivity index (χ1v) is 13.9. The minimum Gasteiger partial charge on any atom is -0.492 e. The molecule has 1 atom stereocenters. The van der Waals surface area contributed by atoms with Gasteiger partial charge in [-0.3, -0.25) is 9.69 Å². The zero-order valence-electron chi connectivity index (χ0n) is 22.9. The first-order valence-electron chi connectivity index (χ1n) is 13.9. The van der Waals surface area contributed by atoms with Gasteiger partial charge in [0.25, 0.3) is 0 Å². The number of hydrogen-bond donors (Lipinski definition) is 2. The van der Waals surface area contributed by atoms with E-state index in [1.807, 2.05) is 48.5 Å². The van der Waals surface area contributed by atoms with Crippen LogP contribution in [0.2, 0.25) is 0 Å². The van der Waals surface area contributed by atoms with E-state index >= 15 is 0 Å². The van der Waals surface area contributed by atoms with Crippen LogP contribution in [0.25, 0.3) is 0 Å². The molecule has 0 saturated carbocycles. The van der Waals surface area contributed by atoms with Crippen molar-refractivity contribution >= 4 is 17.6 Å². The third kappa shape index (κ3) is 7.96. The number of aromatic carboxylic acids is 1. The number of amides is 1. The summed E-state index contributed by atoms with van der Waals surface area (Å²) < 4.78 is 12.1. The molecule has 1 fully saturated rings. The Hall–Kier alpha value is -4.62. The first-order chi connectivity index (χ1) is 20.0. The van der Waals surface area contributed by atoms with Crippen LogP contribution >= 0.6 is 0 Å². The van der Waals surface area contributed by atoms with Crippen LogP contribution in [0.1, 0.15) is 40.7 Å². The molecule has 210 valence electrons. The number of ether oxygens (including phenoxy) is 2. The molecule has 4 aromatic rings. The Labute approximate surface area is 240 Å². The van der Waals surface area contributed by atoms with Gasteiger partial charge in [0.2, 0.25) is 5.91 Å². The summed E-state index contributed by atoms with van der Waals surface area (Å²) in [6, 6.07) is 32.2. The van der Waals surface area contributed by atoms with Gasteiger partial charge in [-0.05, 0) is 79.0 Å². The molecule has 41 heavy (non-hydrogen) atoms. The monoisotopic (exact) mass is 550 g/mol. The Bertz CT molecular complexity index is 1440. The number of carbonyl (C=O) groups is 2. The van der Waals surface area contributed by atoms with Gasteiger partial charge in [0, 0.05) is 12.6 Å². The van der Waals surface area contributed by atoms with Crippen LogP contribution in [0.3, 0.4) is 0 Å². The Morgan fingerprint density at radius 1 is 0.780 bits per heavy atom. The van der Waals surface area contributed by atoms with Crippen molar-refractivity contribution in [3.8, 4) is 17.2 Å². The number of carbonyl (C=O) groups excluding carboxylic acids is 1. The highest BCUT2D eigenvalue weighted by atomic mass is 16.5. The summed E-state index contributed by atoms with van der Waals surface area (Å²) in [5.74, 6) is 0.777. The molecule has 7 heteroatoms. The van der Waals surface area contributed by atoms with Crippen LogP contribution in [-0.2, 0) is 17.8 Å². The number of hydrogen-bond acceptors (Lipinski definition) is 5. The normalized spacial score (nSPS) is 15.2. The zero-order chi connectivity index (χ0) is 28.4. The molecule has 1 aliphatic rings. The number of nitrogens with one attached hydrogen (secondary N) is 1. The quantitative estimate of drug-likeness (QED) is 0.214. The Balaban J connectivity index is 1.10. The highest BCUT2D eigenvalue weighted by Gasteiger charge is 2.23. The molecular formula is C34H34N2O5. The third-order valence-electron chi connectivity index (χ3n) is 7.20. The Kier molecular flexibility index (Phi) is 9.29. The number of anilines is 1. The van der Waals surface area contributed by atoms with E-state index in [2.05, 4.69) is 40.5 Å². The summed E-state index contributed by atoms with van der Waals surface area (Å²) in [6.45, 7) is 2.70. The summed E-state index contributed by atoms with van der Waals surface area (Å²) >= 11 is 0. The summed E-state index contributed by atoms with van der Waals surface area (Å²) in [5, 5.41) is 12.0. The lowest BCUT2D eigenvalue weighted by atomic mass is 10.0. The minimum atomic E-state index is -1.09. The number of rotatable bonds is 11. The smallest absolute Gasteiger partial charge is 0.337 e. The van der Waals surface area contributed by atoms with E-state index in [1.165, 1.54) is 24.5 Å². The van der Waals surface area contributed by atoms with Crippen molar-refractivity contribution in [1.82, 2.24) is 4.90 Å². The average Bonchev–Trinajstić information content (AvgIpc) is 2.99. The number of carboxylic acid groups (broad SMARTS) is 1. The van der Waals surface area contributed by atoms with E-state index in [0.717, 1.165) is 30.8 Å². The summed E-state index contributed by atoms with van der Waals surface area (Å²) in [4.78, 5) is 26.4. The van der Waals surface area contributed by atoms with E-state index < -0.39 is 5.97 Å². The second-order valence-corrected chi connectivity index (χ2v) is 10.2. The van der Waals surface area contributed by atoms with Crippen molar-refractivity contribution in [2.75, 3.05) is 18.5 Å². The van der Waals surface area contributed by atoms with Crippen LogP contribution in [0.15, 0.2) is 103 Å². The molecule has 1 unspecified atom stereocenters. The van der Waals surface area contributed by atoms with E-state index in [-0.39, 0.29) is 23.6 Å². The van der Waals surface area contributed by atoms with Crippen LogP contribution < -0.4 is 14.8 Å². The van der Waals surface area contributed by atoms with Gasteiger partial charge < -0.3 is 19.9 Å². The number of benzene rings is 4. The van der Waals surface area contributed by atoms with E-state index in [4.69, 9.17) is 9.47 Å². The molecule has 0 aliphatic carbocycles. The molecule has 1 aliphatic heterocycles. The van der Waals surface area contributed by atoms with E-state index in [9.17, 15) is 14.7 Å². The lowest BCUT2D eigenvalue weighted by Crippen LogP contribution is -2.42. The van der Waals surface area contributed by atoms with Gasteiger partial charge >= 0.3 is 5.97 Å². The fourth-order valence-corrected chi connectivity index (χ4v) is 5.04. The molecular weight excluding hydrogens is 516 g/mol. The standard InChI is InChI=1S/C34H34N2O5/c37-33(35-32-12-5-4-11-31(32)34(38)39)22-25-13-15-29(16-14-25)41-30-19-17-28(18-20-30)40-24-27-10-6-7-21-36(27)23-26-8-2-1-3-9-26/h1-5,8-9,11-20,27H,6-7,10,21-24H2,(H,35,37)(H,38,39). The average molecular weight is 551 g/mol. The van der Waals surface area contributed by atoms with Crippen LogP contribution in [0.5, 0.6) is 17.2 Å². The van der Waals surface area contributed by atoms with Gasteiger partial charge in [-0.15, -0.1) is 0 Å². The van der Waals surface area contributed by atoms with E-state index in [1.54, 1.807) is 18.2 Å². The lowest BCUT2D eigenvalue weighted by Gasteiger charge is -2.35. The maximum absolute atomic E-state index is 12.5. The van der Waals surface area contributed by atoms with Crippen LogP contribution in [-0.4, -0.2) is 41.1 Å². The SMILES string of the molecule is O=C(Cc1ccc(Oc2ccc(OCC3CCCCN3Cc3ccccc3)cc2)cc1)Nc1ccccc1C(=O)O. The highest BCUT2D eigenvalue weighted by Crippen LogP contribution is 2.26. The number of piperidine rings is 1. The highest BCUT2D eigenvalue weighted by molar-refractivity contribution is 6.01. The van der Waals surface area contributed by atoms with Crippen molar-refractivity contribution in [2.24, 2.45) is 0 Å². The first kappa shape index (κ1) is 27.9. The molecule has 0 radical (unpaired) electrons. The predicted molar refractivity (Wildman–Crippen MR) is 159 cm³/mol. The van der Waals surface area contributed by atoms with E-state index in [0.29, 0.717) is 24.1 Å². The fourth-order valence-electron chi connectivity index (χ4n) is 5.04. The molecule has 0 aromatic heterocycles. The van der Waals surface area contributed by atoms with Crippen molar-refractivity contribution in [1.29, 1.82) is 0 Å². The molecule has 0 bridgehead atoms. The Morgan fingerprint density at radius 2 is 1.44 bits per heavy atom.